The highest BCUT2D eigenvalue weighted by atomic mass is 16.6. The maximum atomic E-state index is 12.3. The van der Waals surface area contributed by atoms with E-state index in [1.54, 1.807) is 54.6 Å². The Morgan fingerprint density at radius 1 is 1.16 bits per heavy atom. The summed E-state index contributed by atoms with van der Waals surface area (Å²) in [6.07, 6.45) is 1.30. The van der Waals surface area contributed by atoms with E-state index in [1.165, 1.54) is 12.3 Å². The molecule has 9 nitrogen and oxygen atoms in total. The van der Waals surface area contributed by atoms with Crippen LogP contribution in [0.15, 0.2) is 74.6 Å². The summed E-state index contributed by atoms with van der Waals surface area (Å²) in [7, 11) is 0. The average molecular weight is 419 g/mol. The van der Waals surface area contributed by atoms with Crippen molar-refractivity contribution in [3.8, 4) is 17.1 Å². The Bertz CT molecular complexity index is 1290. The van der Waals surface area contributed by atoms with Gasteiger partial charge in [0.25, 0.3) is 5.69 Å². The summed E-state index contributed by atoms with van der Waals surface area (Å²) in [6, 6.07) is 16.3. The van der Waals surface area contributed by atoms with E-state index in [-0.39, 0.29) is 11.4 Å². The number of fused-ring (bicyclic) bond motifs is 1. The minimum atomic E-state index is -0.532. The summed E-state index contributed by atoms with van der Waals surface area (Å²) in [4.78, 5) is 23.0. The molecule has 1 N–H and O–H groups in total. The van der Waals surface area contributed by atoms with Gasteiger partial charge in [-0.05, 0) is 49.4 Å². The number of ether oxygens (including phenoxy) is 1. The minimum Gasteiger partial charge on any atom is -0.494 e. The van der Waals surface area contributed by atoms with Crippen LogP contribution in [0.4, 0.5) is 5.69 Å². The predicted octanol–water partition coefficient (Wildman–Crippen LogP) is 4.76. The number of hydrogen-bond acceptors (Lipinski definition) is 7. The van der Waals surface area contributed by atoms with Crippen molar-refractivity contribution in [3.05, 3.63) is 82.3 Å². The van der Waals surface area contributed by atoms with E-state index >= 15 is 0 Å². The van der Waals surface area contributed by atoms with E-state index in [9.17, 15) is 14.9 Å². The van der Waals surface area contributed by atoms with Gasteiger partial charge >= 0.3 is 5.91 Å². The SMILES string of the molecule is CCOc1ccc2oc(C(=O)N/N=C\c3ccc(-c4ccccc4[N+](=O)[O-])o3)cc2c1. The first-order chi connectivity index (χ1) is 15.0. The average Bonchev–Trinajstić information content (AvgIpc) is 3.40. The Labute approximate surface area is 176 Å². The van der Waals surface area contributed by atoms with Crippen molar-refractivity contribution in [2.24, 2.45) is 5.10 Å². The first-order valence-corrected chi connectivity index (χ1v) is 9.38. The summed E-state index contributed by atoms with van der Waals surface area (Å²) >= 11 is 0. The fourth-order valence-corrected chi connectivity index (χ4v) is 3.01. The van der Waals surface area contributed by atoms with Gasteiger partial charge in [-0.25, -0.2) is 5.43 Å². The largest absolute Gasteiger partial charge is 0.494 e. The van der Waals surface area contributed by atoms with Crippen molar-refractivity contribution in [3.63, 3.8) is 0 Å². The van der Waals surface area contributed by atoms with Gasteiger partial charge in [-0.3, -0.25) is 14.9 Å². The van der Waals surface area contributed by atoms with Gasteiger partial charge in [-0.1, -0.05) is 12.1 Å². The van der Waals surface area contributed by atoms with Gasteiger partial charge in [-0.2, -0.15) is 5.10 Å². The third kappa shape index (κ3) is 4.30. The molecule has 156 valence electrons. The normalized spacial score (nSPS) is 11.1. The van der Waals surface area contributed by atoms with Crippen LogP contribution in [0, 0.1) is 10.1 Å². The molecule has 2 aromatic carbocycles. The van der Waals surface area contributed by atoms with Crippen LogP contribution in [0.3, 0.4) is 0 Å². The molecular formula is C22H17N3O6. The van der Waals surface area contributed by atoms with E-state index in [2.05, 4.69) is 10.5 Å². The van der Waals surface area contributed by atoms with Gasteiger partial charge in [0.2, 0.25) is 0 Å². The molecule has 0 aliphatic heterocycles. The first-order valence-electron chi connectivity index (χ1n) is 9.38. The maximum Gasteiger partial charge on any atom is 0.307 e. The molecular weight excluding hydrogens is 402 g/mol. The number of furan rings is 2. The second-order valence-electron chi connectivity index (χ2n) is 6.42. The summed E-state index contributed by atoms with van der Waals surface area (Å²) in [5.41, 5.74) is 3.21. The molecule has 0 saturated carbocycles. The Morgan fingerprint density at radius 3 is 2.81 bits per heavy atom. The maximum absolute atomic E-state index is 12.3. The topological polar surface area (TPSA) is 120 Å². The van der Waals surface area contributed by atoms with Crippen molar-refractivity contribution < 1.29 is 23.3 Å². The zero-order valence-corrected chi connectivity index (χ0v) is 16.4. The second-order valence-corrected chi connectivity index (χ2v) is 6.42. The van der Waals surface area contributed by atoms with Gasteiger partial charge < -0.3 is 13.6 Å². The third-order valence-corrected chi connectivity index (χ3v) is 4.37. The van der Waals surface area contributed by atoms with E-state index < -0.39 is 10.8 Å². The number of rotatable bonds is 7. The van der Waals surface area contributed by atoms with Crippen molar-refractivity contribution in [2.75, 3.05) is 6.61 Å². The molecule has 0 radical (unpaired) electrons. The van der Waals surface area contributed by atoms with Crippen molar-refractivity contribution in [1.29, 1.82) is 0 Å². The number of nitro groups is 1. The highest BCUT2D eigenvalue weighted by Gasteiger charge is 2.17. The Kier molecular flexibility index (Phi) is 5.48. The van der Waals surface area contributed by atoms with E-state index in [4.69, 9.17) is 13.6 Å². The van der Waals surface area contributed by atoms with Crippen LogP contribution in [-0.4, -0.2) is 23.7 Å². The lowest BCUT2D eigenvalue weighted by Gasteiger charge is -2.00. The van der Waals surface area contributed by atoms with Crippen LogP contribution in [0.2, 0.25) is 0 Å². The lowest BCUT2D eigenvalue weighted by atomic mass is 10.1. The number of benzene rings is 2. The van der Waals surface area contributed by atoms with Crippen LogP contribution in [0.5, 0.6) is 5.75 Å². The minimum absolute atomic E-state index is 0.0639. The highest BCUT2D eigenvalue weighted by molar-refractivity contribution is 5.96. The molecule has 1 amide bonds. The number of nitro benzene ring substituents is 1. The Hall–Kier alpha value is -4.40. The number of carbonyl (C=O) groups excluding carboxylic acids is 1. The molecule has 0 aliphatic carbocycles. The zero-order chi connectivity index (χ0) is 21.8. The monoisotopic (exact) mass is 419 g/mol. The molecule has 0 fully saturated rings. The standard InChI is InChI=1S/C22H17N3O6/c1-2-29-15-7-9-19-14(11-15)12-21(31-19)22(26)24-23-13-16-8-10-20(30-16)17-5-3-4-6-18(17)25(27)28/h3-13H,2H2,1H3,(H,24,26)/b23-13-. The smallest absolute Gasteiger partial charge is 0.307 e. The van der Waals surface area contributed by atoms with E-state index in [1.807, 2.05) is 6.92 Å². The number of amides is 1. The van der Waals surface area contributed by atoms with Gasteiger partial charge in [-0.15, -0.1) is 0 Å². The van der Waals surface area contributed by atoms with Gasteiger partial charge in [0.15, 0.2) is 5.76 Å². The summed E-state index contributed by atoms with van der Waals surface area (Å²) in [6.45, 7) is 2.43. The van der Waals surface area contributed by atoms with Gasteiger partial charge in [0, 0.05) is 11.5 Å². The molecule has 4 aromatic rings. The second kappa shape index (κ2) is 8.54. The molecule has 0 saturated heterocycles. The number of hydrazone groups is 1. The molecule has 0 bridgehead atoms. The zero-order valence-electron chi connectivity index (χ0n) is 16.4. The quantitative estimate of drug-likeness (QED) is 0.262. The number of hydrogen-bond donors (Lipinski definition) is 1. The predicted molar refractivity (Wildman–Crippen MR) is 113 cm³/mol. The fraction of sp³-hybridized carbons (Fsp3) is 0.0909. The lowest BCUT2D eigenvalue weighted by Crippen LogP contribution is -2.16. The van der Waals surface area contributed by atoms with Crippen molar-refractivity contribution in [1.82, 2.24) is 5.43 Å². The summed E-state index contributed by atoms with van der Waals surface area (Å²) in [5.74, 6) is 0.895. The number of para-hydroxylation sites is 1. The van der Waals surface area contributed by atoms with Crippen molar-refractivity contribution in [2.45, 2.75) is 6.92 Å². The molecule has 9 heteroatoms. The fourth-order valence-electron chi connectivity index (χ4n) is 3.01. The number of carbonyl (C=O) groups is 1. The molecule has 0 aliphatic rings. The van der Waals surface area contributed by atoms with Crippen LogP contribution in [-0.2, 0) is 0 Å². The van der Waals surface area contributed by atoms with Crippen LogP contribution >= 0.6 is 0 Å². The van der Waals surface area contributed by atoms with Crippen LogP contribution < -0.4 is 10.2 Å². The molecule has 2 heterocycles. The molecule has 0 spiro atoms. The molecule has 31 heavy (non-hydrogen) atoms. The van der Waals surface area contributed by atoms with Crippen molar-refractivity contribution >= 4 is 28.8 Å². The molecule has 0 unspecified atom stereocenters. The van der Waals surface area contributed by atoms with E-state index in [0.29, 0.717) is 35.0 Å². The van der Waals surface area contributed by atoms with Crippen LogP contribution in [0.25, 0.3) is 22.3 Å². The summed E-state index contributed by atoms with van der Waals surface area (Å²) < 4.78 is 16.6. The van der Waals surface area contributed by atoms with Crippen LogP contribution in [0.1, 0.15) is 23.2 Å². The lowest BCUT2D eigenvalue weighted by molar-refractivity contribution is -0.384. The first kappa shape index (κ1) is 19.9. The number of nitrogens with zero attached hydrogens (tertiary/aromatic N) is 2. The summed E-state index contributed by atoms with van der Waals surface area (Å²) in [5, 5.41) is 15.8. The van der Waals surface area contributed by atoms with Gasteiger partial charge in [0.1, 0.15) is 22.9 Å². The van der Waals surface area contributed by atoms with Gasteiger partial charge in [0.05, 0.1) is 23.3 Å². The highest BCUT2D eigenvalue weighted by Crippen LogP contribution is 2.30. The Morgan fingerprint density at radius 2 is 2.00 bits per heavy atom. The van der Waals surface area contributed by atoms with E-state index in [0.717, 1.165) is 5.39 Å². The Balaban J connectivity index is 1.45. The third-order valence-electron chi connectivity index (χ3n) is 4.37. The number of nitrogens with one attached hydrogen (secondary N) is 1. The molecule has 4 rings (SSSR count). The molecule has 2 aromatic heterocycles. The molecule has 0 atom stereocenters.